The van der Waals surface area contributed by atoms with Crippen LogP contribution in [-0.4, -0.2) is 32.1 Å². The van der Waals surface area contributed by atoms with Crippen LogP contribution in [0.5, 0.6) is 0 Å². The van der Waals surface area contributed by atoms with Crippen molar-refractivity contribution >= 4 is 69.7 Å². The van der Waals surface area contributed by atoms with E-state index in [1.54, 1.807) is 12.1 Å². The van der Waals surface area contributed by atoms with Gasteiger partial charge in [-0.1, -0.05) is 73.8 Å². The molecule has 0 aliphatic carbocycles. The van der Waals surface area contributed by atoms with Gasteiger partial charge in [-0.3, -0.25) is 4.79 Å². The molecule has 6 nitrogen and oxygen atoms in total. The number of alkyl halides is 3. The normalized spacial score (nSPS) is 12.1. The number of unbranched alkanes of at least 4 members (excludes halogenated alkanes) is 5. The first-order chi connectivity index (χ1) is 13.6. The van der Waals surface area contributed by atoms with Gasteiger partial charge >= 0.3 is 5.97 Å². The van der Waals surface area contributed by atoms with Crippen molar-refractivity contribution in [3.05, 3.63) is 29.8 Å². The highest BCUT2D eigenvalue weighted by Gasteiger charge is 2.34. The number of thiocarbonyl (C=S) groups is 1. The molecule has 162 valence electrons. The lowest BCUT2D eigenvalue weighted by Crippen LogP contribution is -2.56. The molecule has 0 aromatic heterocycles. The Morgan fingerprint density at radius 2 is 1.62 bits per heavy atom. The van der Waals surface area contributed by atoms with Gasteiger partial charge in [0.25, 0.3) is 0 Å². The summed E-state index contributed by atoms with van der Waals surface area (Å²) in [5.74, 6) is -1.26. The molecular weight excluding hydrogens is 457 g/mol. The zero-order chi connectivity index (χ0) is 21.9. The van der Waals surface area contributed by atoms with Gasteiger partial charge in [0.1, 0.15) is 6.17 Å². The highest BCUT2D eigenvalue weighted by Crippen LogP contribution is 2.29. The third-order valence-electron chi connectivity index (χ3n) is 4.06. The Labute approximate surface area is 191 Å². The summed E-state index contributed by atoms with van der Waals surface area (Å²) < 4.78 is -1.82. The molecule has 0 bridgehead atoms. The Balaban J connectivity index is 2.52. The molecule has 1 atom stereocenters. The molecule has 0 aliphatic rings. The van der Waals surface area contributed by atoms with Gasteiger partial charge in [0.15, 0.2) is 5.11 Å². The van der Waals surface area contributed by atoms with Gasteiger partial charge in [0.2, 0.25) is 9.70 Å². The summed E-state index contributed by atoms with van der Waals surface area (Å²) in [7, 11) is 0. The van der Waals surface area contributed by atoms with Crippen molar-refractivity contribution in [2.45, 2.75) is 61.8 Å². The second-order valence-electron chi connectivity index (χ2n) is 6.54. The van der Waals surface area contributed by atoms with Gasteiger partial charge in [-0.05, 0) is 42.9 Å². The van der Waals surface area contributed by atoms with Crippen LogP contribution in [0.3, 0.4) is 0 Å². The van der Waals surface area contributed by atoms with Crippen molar-refractivity contribution in [3.8, 4) is 0 Å². The number of carbonyl (C=O) groups is 2. The fourth-order valence-electron chi connectivity index (χ4n) is 2.49. The Morgan fingerprint density at radius 1 is 1.03 bits per heavy atom. The minimum atomic E-state index is -1.82. The Bertz CT molecular complexity index is 682. The average Bonchev–Trinajstić information content (AvgIpc) is 2.63. The molecule has 1 aromatic rings. The summed E-state index contributed by atoms with van der Waals surface area (Å²) >= 11 is 23.1. The number of anilines is 1. The largest absolute Gasteiger partial charge is 0.478 e. The predicted molar refractivity (Wildman–Crippen MR) is 123 cm³/mol. The molecule has 0 radical (unpaired) electrons. The van der Waals surface area contributed by atoms with Crippen LogP contribution < -0.4 is 16.0 Å². The molecule has 0 saturated heterocycles. The topological polar surface area (TPSA) is 90.5 Å². The third kappa shape index (κ3) is 10.9. The van der Waals surface area contributed by atoms with Crippen LogP contribution in [0.25, 0.3) is 0 Å². The molecular formula is C19H26Cl3N3O3S. The SMILES string of the molecule is CCCCCCCCC(=O)N[C@H](NC(=S)Nc1ccc(C(=O)O)cc1)C(Cl)(Cl)Cl. The van der Waals surface area contributed by atoms with Crippen molar-refractivity contribution in [2.75, 3.05) is 5.32 Å². The van der Waals surface area contributed by atoms with Crippen molar-refractivity contribution in [1.29, 1.82) is 0 Å². The lowest BCUT2D eigenvalue weighted by Gasteiger charge is -2.27. The number of benzene rings is 1. The van der Waals surface area contributed by atoms with Crippen LogP contribution in [0.2, 0.25) is 0 Å². The number of halogens is 3. The molecule has 0 heterocycles. The van der Waals surface area contributed by atoms with E-state index in [1.165, 1.54) is 31.4 Å². The second kappa shape index (κ2) is 13.1. The highest BCUT2D eigenvalue weighted by atomic mass is 35.6. The third-order valence-corrected chi connectivity index (χ3v) is 4.93. The van der Waals surface area contributed by atoms with Gasteiger partial charge in [-0.15, -0.1) is 0 Å². The van der Waals surface area contributed by atoms with Crippen LogP contribution >= 0.6 is 47.0 Å². The minimum Gasteiger partial charge on any atom is -0.478 e. The van der Waals surface area contributed by atoms with Gasteiger partial charge in [0.05, 0.1) is 5.56 Å². The van der Waals surface area contributed by atoms with Crippen LogP contribution in [0.1, 0.15) is 62.2 Å². The molecule has 10 heteroatoms. The van der Waals surface area contributed by atoms with E-state index in [9.17, 15) is 9.59 Å². The molecule has 0 aliphatic heterocycles. The molecule has 1 amide bonds. The van der Waals surface area contributed by atoms with Crippen LogP contribution in [0.15, 0.2) is 24.3 Å². The Hall–Kier alpha value is -1.28. The number of carboxylic acid groups (broad SMARTS) is 1. The van der Waals surface area contributed by atoms with E-state index in [0.717, 1.165) is 19.3 Å². The Morgan fingerprint density at radius 3 is 2.17 bits per heavy atom. The maximum atomic E-state index is 12.2. The Kier molecular flexibility index (Phi) is 11.6. The molecule has 1 rings (SSSR count). The molecule has 0 spiro atoms. The van der Waals surface area contributed by atoms with Crippen LogP contribution in [0.4, 0.5) is 5.69 Å². The fraction of sp³-hybridized carbons (Fsp3) is 0.526. The van der Waals surface area contributed by atoms with Crippen molar-refractivity contribution in [1.82, 2.24) is 10.6 Å². The summed E-state index contributed by atoms with van der Waals surface area (Å²) in [5.41, 5.74) is 0.699. The fourth-order valence-corrected chi connectivity index (χ4v) is 3.06. The summed E-state index contributed by atoms with van der Waals surface area (Å²) in [5, 5.41) is 17.3. The molecule has 0 fully saturated rings. The van der Waals surface area contributed by atoms with E-state index < -0.39 is 15.9 Å². The number of amides is 1. The molecule has 0 saturated carbocycles. The first kappa shape index (κ1) is 25.8. The van der Waals surface area contributed by atoms with E-state index >= 15 is 0 Å². The number of nitrogens with one attached hydrogen (secondary N) is 3. The van der Waals surface area contributed by atoms with Gasteiger partial charge in [0, 0.05) is 12.1 Å². The van der Waals surface area contributed by atoms with E-state index in [-0.39, 0.29) is 16.6 Å². The first-order valence-electron chi connectivity index (χ1n) is 9.40. The zero-order valence-electron chi connectivity index (χ0n) is 16.1. The maximum absolute atomic E-state index is 12.2. The first-order valence-corrected chi connectivity index (χ1v) is 10.9. The summed E-state index contributed by atoms with van der Waals surface area (Å²) in [6, 6.07) is 5.97. The van der Waals surface area contributed by atoms with Crippen molar-refractivity contribution in [2.24, 2.45) is 0 Å². The van der Waals surface area contributed by atoms with Crippen LogP contribution in [-0.2, 0) is 4.79 Å². The molecule has 0 unspecified atom stereocenters. The number of rotatable bonds is 11. The monoisotopic (exact) mass is 481 g/mol. The van der Waals surface area contributed by atoms with Gasteiger partial charge in [-0.2, -0.15) is 0 Å². The number of hydrogen-bond acceptors (Lipinski definition) is 3. The zero-order valence-corrected chi connectivity index (χ0v) is 19.2. The van der Waals surface area contributed by atoms with Crippen LogP contribution in [0, 0.1) is 0 Å². The molecule has 1 aromatic carbocycles. The summed E-state index contributed by atoms with van der Waals surface area (Å²) in [4.78, 5) is 23.1. The van der Waals surface area contributed by atoms with Gasteiger partial charge < -0.3 is 21.1 Å². The van der Waals surface area contributed by atoms with E-state index in [2.05, 4.69) is 22.9 Å². The van der Waals surface area contributed by atoms with Crippen molar-refractivity contribution in [3.63, 3.8) is 0 Å². The molecule has 4 N–H and O–H groups in total. The lowest BCUT2D eigenvalue weighted by atomic mass is 10.1. The highest BCUT2D eigenvalue weighted by molar-refractivity contribution is 7.80. The van der Waals surface area contributed by atoms with E-state index in [4.69, 9.17) is 52.1 Å². The van der Waals surface area contributed by atoms with Gasteiger partial charge in [-0.25, -0.2) is 4.79 Å². The number of carboxylic acids is 1. The number of carbonyl (C=O) groups excluding carboxylic acids is 1. The second-order valence-corrected chi connectivity index (χ2v) is 9.32. The average molecular weight is 483 g/mol. The quantitative estimate of drug-likeness (QED) is 0.149. The predicted octanol–water partition coefficient (Wildman–Crippen LogP) is 5.23. The summed E-state index contributed by atoms with van der Waals surface area (Å²) in [6.45, 7) is 2.15. The van der Waals surface area contributed by atoms with E-state index in [0.29, 0.717) is 12.1 Å². The summed E-state index contributed by atoms with van der Waals surface area (Å²) in [6.07, 6.45) is 5.70. The lowest BCUT2D eigenvalue weighted by molar-refractivity contribution is -0.122. The number of hydrogen-bond donors (Lipinski definition) is 4. The maximum Gasteiger partial charge on any atom is 0.335 e. The smallest absolute Gasteiger partial charge is 0.335 e. The van der Waals surface area contributed by atoms with Crippen molar-refractivity contribution < 1.29 is 14.7 Å². The number of aromatic carboxylic acids is 1. The minimum absolute atomic E-state index is 0.115. The molecule has 29 heavy (non-hydrogen) atoms. The standard InChI is InChI=1S/C19H26Cl3N3O3S/c1-2-3-4-5-6-7-8-15(26)24-17(19(20,21)22)25-18(29)23-14-11-9-13(10-12-14)16(27)28/h9-12,17H,2-8H2,1H3,(H,24,26)(H,27,28)(H2,23,25,29)/t17-/m1/s1. The van der Waals surface area contributed by atoms with E-state index in [1.807, 2.05) is 0 Å².